The lowest BCUT2D eigenvalue weighted by Crippen LogP contribution is -1.98. The van der Waals surface area contributed by atoms with Gasteiger partial charge in [0.2, 0.25) is 0 Å². The molecule has 4 heteroatoms. The lowest BCUT2D eigenvalue weighted by molar-refractivity contribution is 0.632. The van der Waals surface area contributed by atoms with E-state index < -0.39 is 5.82 Å². The van der Waals surface area contributed by atoms with E-state index in [0.717, 1.165) is 5.56 Å². The van der Waals surface area contributed by atoms with E-state index in [-0.39, 0.29) is 18.1 Å². The van der Waals surface area contributed by atoms with Gasteiger partial charge in [0, 0.05) is 6.54 Å². The Bertz CT molecular complexity index is 240. The number of anilines is 1. The van der Waals surface area contributed by atoms with Gasteiger partial charge in [-0.25, -0.2) is 4.39 Å². The summed E-state index contributed by atoms with van der Waals surface area (Å²) in [7, 11) is 0. The molecule has 0 amide bonds. The number of benzene rings is 1. The van der Waals surface area contributed by atoms with Gasteiger partial charge in [-0.1, -0.05) is 6.07 Å². The van der Waals surface area contributed by atoms with Crippen molar-refractivity contribution in [3.63, 3.8) is 0 Å². The highest BCUT2D eigenvalue weighted by Gasteiger charge is 1.96. The van der Waals surface area contributed by atoms with Crippen molar-refractivity contribution in [1.82, 2.24) is 0 Å². The molecule has 0 fully saturated rings. The molecule has 11 heavy (non-hydrogen) atoms. The van der Waals surface area contributed by atoms with Crippen molar-refractivity contribution in [3.05, 3.63) is 29.6 Å². The summed E-state index contributed by atoms with van der Waals surface area (Å²) in [4.78, 5) is 0. The smallest absolute Gasteiger partial charge is 0.146 e. The van der Waals surface area contributed by atoms with E-state index in [0.29, 0.717) is 6.54 Å². The summed E-state index contributed by atoms with van der Waals surface area (Å²) in [6.07, 6.45) is 0. The molecule has 4 N–H and O–H groups in total. The summed E-state index contributed by atoms with van der Waals surface area (Å²) < 4.78 is 12.5. The summed E-state index contributed by atoms with van der Waals surface area (Å²) in [6, 6.07) is 4.47. The number of hydrogen-bond acceptors (Lipinski definition) is 2. The summed E-state index contributed by atoms with van der Waals surface area (Å²) >= 11 is 0. The minimum absolute atomic E-state index is 0. The van der Waals surface area contributed by atoms with Crippen LogP contribution in [0.5, 0.6) is 0 Å². The van der Waals surface area contributed by atoms with Crippen LogP contribution < -0.4 is 11.5 Å². The second-order valence-corrected chi connectivity index (χ2v) is 2.06. The van der Waals surface area contributed by atoms with Crippen molar-refractivity contribution in [2.24, 2.45) is 5.73 Å². The van der Waals surface area contributed by atoms with Gasteiger partial charge >= 0.3 is 0 Å². The molecule has 0 unspecified atom stereocenters. The minimum Gasteiger partial charge on any atom is -0.396 e. The molecule has 0 aliphatic carbocycles. The van der Waals surface area contributed by atoms with Crippen LogP contribution >= 0.6 is 12.4 Å². The SMILES string of the molecule is Cl.NCc1ccc(F)c(N)c1. The summed E-state index contributed by atoms with van der Waals surface area (Å²) in [6.45, 7) is 0.393. The van der Waals surface area contributed by atoms with E-state index in [1.54, 1.807) is 6.07 Å². The topological polar surface area (TPSA) is 52.0 Å². The Labute approximate surface area is 70.8 Å². The van der Waals surface area contributed by atoms with E-state index in [1.165, 1.54) is 12.1 Å². The van der Waals surface area contributed by atoms with Crippen LogP contribution in [0.4, 0.5) is 10.1 Å². The number of halogens is 2. The van der Waals surface area contributed by atoms with E-state index in [2.05, 4.69) is 0 Å². The van der Waals surface area contributed by atoms with E-state index in [9.17, 15) is 4.39 Å². The molecule has 0 spiro atoms. The molecule has 0 aliphatic rings. The average molecular weight is 177 g/mol. The number of nitrogen functional groups attached to an aromatic ring is 1. The Kier molecular flexibility index (Phi) is 3.85. The number of hydrogen-bond donors (Lipinski definition) is 2. The van der Waals surface area contributed by atoms with Gasteiger partial charge < -0.3 is 11.5 Å². The first kappa shape index (κ1) is 10.2. The second-order valence-electron chi connectivity index (χ2n) is 2.06. The maximum atomic E-state index is 12.5. The molecule has 0 aliphatic heterocycles. The van der Waals surface area contributed by atoms with Crippen LogP contribution in [0.3, 0.4) is 0 Å². The van der Waals surface area contributed by atoms with E-state index in [1.807, 2.05) is 0 Å². The molecule has 0 aromatic heterocycles. The highest BCUT2D eigenvalue weighted by molar-refractivity contribution is 5.85. The van der Waals surface area contributed by atoms with Gasteiger partial charge in [0.05, 0.1) is 5.69 Å². The Morgan fingerprint density at radius 2 is 2.00 bits per heavy atom. The third kappa shape index (κ3) is 2.37. The van der Waals surface area contributed by atoms with Crippen LogP contribution in [0.15, 0.2) is 18.2 Å². The maximum Gasteiger partial charge on any atom is 0.146 e. The Hall–Kier alpha value is -0.800. The van der Waals surface area contributed by atoms with Gasteiger partial charge in [0.15, 0.2) is 0 Å². The van der Waals surface area contributed by atoms with Gasteiger partial charge in [-0.3, -0.25) is 0 Å². The zero-order valence-electron chi connectivity index (χ0n) is 5.88. The summed E-state index contributed by atoms with van der Waals surface area (Å²) in [5.41, 5.74) is 11.6. The molecule has 0 radical (unpaired) electrons. The second kappa shape index (κ2) is 4.16. The Morgan fingerprint density at radius 3 is 2.45 bits per heavy atom. The number of nitrogens with two attached hydrogens (primary N) is 2. The molecule has 62 valence electrons. The molecule has 0 saturated heterocycles. The number of rotatable bonds is 1. The lowest BCUT2D eigenvalue weighted by Gasteiger charge is -1.98. The molecule has 1 aromatic rings. The normalized spacial score (nSPS) is 8.91. The van der Waals surface area contributed by atoms with Crippen molar-refractivity contribution in [3.8, 4) is 0 Å². The molecule has 0 saturated carbocycles. The maximum absolute atomic E-state index is 12.5. The zero-order valence-corrected chi connectivity index (χ0v) is 6.70. The van der Waals surface area contributed by atoms with Crippen molar-refractivity contribution in [1.29, 1.82) is 0 Å². The first-order valence-electron chi connectivity index (χ1n) is 2.98. The predicted molar refractivity (Wildman–Crippen MR) is 46.0 cm³/mol. The first-order valence-corrected chi connectivity index (χ1v) is 2.98. The summed E-state index contributed by atoms with van der Waals surface area (Å²) in [5.74, 6) is -0.391. The van der Waals surface area contributed by atoms with E-state index in [4.69, 9.17) is 11.5 Å². The van der Waals surface area contributed by atoms with E-state index >= 15 is 0 Å². The third-order valence-corrected chi connectivity index (χ3v) is 1.30. The molecule has 0 atom stereocenters. The predicted octanol–water partition coefficient (Wildman–Crippen LogP) is 1.29. The fourth-order valence-corrected chi connectivity index (χ4v) is 0.720. The standard InChI is InChI=1S/C7H9FN2.ClH/c8-6-2-1-5(4-9)3-7(6)10;/h1-3H,4,9-10H2;1H. The molecule has 0 bridgehead atoms. The van der Waals surface area contributed by atoms with Gasteiger partial charge in [0.25, 0.3) is 0 Å². The molecular weight excluding hydrogens is 167 g/mol. The molecular formula is C7H10ClFN2. The van der Waals surface area contributed by atoms with Crippen LogP contribution in [-0.4, -0.2) is 0 Å². The third-order valence-electron chi connectivity index (χ3n) is 1.30. The van der Waals surface area contributed by atoms with Crippen LogP contribution in [0, 0.1) is 5.82 Å². The Morgan fingerprint density at radius 1 is 1.36 bits per heavy atom. The largest absolute Gasteiger partial charge is 0.396 e. The van der Waals surface area contributed by atoms with Crippen LogP contribution in [-0.2, 0) is 6.54 Å². The van der Waals surface area contributed by atoms with Crippen molar-refractivity contribution in [2.45, 2.75) is 6.54 Å². The monoisotopic (exact) mass is 176 g/mol. The van der Waals surface area contributed by atoms with Crippen molar-refractivity contribution >= 4 is 18.1 Å². The highest BCUT2D eigenvalue weighted by Crippen LogP contribution is 2.10. The van der Waals surface area contributed by atoms with Gasteiger partial charge in [-0.15, -0.1) is 12.4 Å². The summed E-state index contributed by atoms with van der Waals surface area (Å²) in [5, 5.41) is 0. The van der Waals surface area contributed by atoms with Gasteiger partial charge in [0.1, 0.15) is 5.82 Å². The minimum atomic E-state index is -0.391. The average Bonchev–Trinajstić information content (AvgIpc) is 1.95. The quantitative estimate of drug-likeness (QED) is 0.634. The zero-order chi connectivity index (χ0) is 7.56. The molecule has 0 heterocycles. The van der Waals surface area contributed by atoms with Crippen LogP contribution in [0.25, 0.3) is 0 Å². The van der Waals surface area contributed by atoms with Crippen LogP contribution in [0.2, 0.25) is 0 Å². The highest BCUT2D eigenvalue weighted by atomic mass is 35.5. The van der Waals surface area contributed by atoms with Gasteiger partial charge in [-0.05, 0) is 17.7 Å². The van der Waals surface area contributed by atoms with Crippen molar-refractivity contribution in [2.75, 3.05) is 5.73 Å². The van der Waals surface area contributed by atoms with Crippen molar-refractivity contribution < 1.29 is 4.39 Å². The molecule has 1 rings (SSSR count). The van der Waals surface area contributed by atoms with Gasteiger partial charge in [-0.2, -0.15) is 0 Å². The first-order chi connectivity index (χ1) is 4.74. The fourth-order valence-electron chi connectivity index (χ4n) is 0.720. The fraction of sp³-hybridized carbons (Fsp3) is 0.143. The van der Waals surface area contributed by atoms with Crippen LogP contribution in [0.1, 0.15) is 5.56 Å². The molecule has 1 aromatic carbocycles. The Balaban J connectivity index is 0.000001000. The lowest BCUT2D eigenvalue weighted by atomic mass is 10.2. The molecule has 2 nitrogen and oxygen atoms in total.